The van der Waals surface area contributed by atoms with Crippen molar-refractivity contribution in [3.8, 4) is 0 Å². The van der Waals surface area contributed by atoms with E-state index in [1.165, 1.54) is 18.1 Å². The number of ketones is 1. The molecule has 0 amide bonds. The van der Waals surface area contributed by atoms with Crippen LogP contribution in [0.5, 0.6) is 0 Å². The maximum absolute atomic E-state index is 11.1. The third kappa shape index (κ3) is 3.03. The van der Waals surface area contributed by atoms with Crippen molar-refractivity contribution >= 4 is 5.78 Å². The minimum Gasteiger partial charge on any atom is -0.293 e. The zero-order valence-corrected chi connectivity index (χ0v) is 10.2. The van der Waals surface area contributed by atoms with E-state index in [1.54, 1.807) is 0 Å². The Hall–Kier alpha value is -1.90. The van der Waals surface area contributed by atoms with Gasteiger partial charge in [0.2, 0.25) is 0 Å². The second-order valence-corrected chi connectivity index (χ2v) is 4.35. The maximum Gasteiger partial charge on any atom is 0.177 e. The third-order valence-corrected chi connectivity index (χ3v) is 2.76. The van der Waals surface area contributed by atoms with E-state index in [0.29, 0.717) is 5.69 Å². The first kappa shape index (κ1) is 11.6. The fraction of sp³-hybridized carbons (Fsp3) is 0.286. The van der Waals surface area contributed by atoms with Crippen LogP contribution in [0.2, 0.25) is 0 Å². The molecule has 0 atom stereocenters. The van der Waals surface area contributed by atoms with Gasteiger partial charge in [0.05, 0.1) is 5.69 Å². The summed E-state index contributed by atoms with van der Waals surface area (Å²) in [6.07, 6.45) is 10.3. The Bertz CT molecular complexity index is 518. The van der Waals surface area contributed by atoms with Crippen molar-refractivity contribution in [2.24, 2.45) is 0 Å². The monoisotopic (exact) mass is 228 g/mol. The molecule has 0 radical (unpaired) electrons. The summed E-state index contributed by atoms with van der Waals surface area (Å²) < 4.78 is 0. The molecule has 0 unspecified atom stereocenters. The van der Waals surface area contributed by atoms with E-state index in [2.05, 4.69) is 41.4 Å². The SMILES string of the molecule is CC(=O)c1cc(CC2=CC=C(C)C=CC2)n[nH]1. The molecule has 1 aromatic rings. The van der Waals surface area contributed by atoms with Crippen LogP contribution in [-0.4, -0.2) is 16.0 Å². The van der Waals surface area contributed by atoms with Gasteiger partial charge in [-0.05, 0) is 19.4 Å². The highest BCUT2D eigenvalue weighted by Gasteiger charge is 2.07. The number of hydrogen-bond acceptors (Lipinski definition) is 2. The largest absolute Gasteiger partial charge is 0.293 e. The first-order valence-corrected chi connectivity index (χ1v) is 5.73. The van der Waals surface area contributed by atoms with Crippen LogP contribution in [0, 0.1) is 0 Å². The molecule has 3 heteroatoms. The van der Waals surface area contributed by atoms with Gasteiger partial charge in [0, 0.05) is 13.3 Å². The molecule has 88 valence electrons. The number of nitrogens with one attached hydrogen (secondary N) is 1. The predicted molar refractivity (Wildman–Crippen MR) is 67.9 cm³/mol. The number of nitrogens with zero attached hydrogens (tertiary/aromatic N) is 1. The topological polar surface area (TPSA) is 45.8 Å². The normalized spacial score (nSPS) is 15.2. The number of allylic oxidation sites excluding steroid dienone is 6. The van der Waals surface area contributed by atoms with Crippen LogP contribution >= 0.6 is 0 Å². The molecule has 0 aromatic carbocycles. The van der Waals surface area contributed by atoms with Gasteiger partial charge in [-0.15, -0.1) is 0 Å². The Labute approximate surface area is 101 Å². The lowest BCUT2D eigenvalue weighted by Crippen LogP contribution is -1.90. The molecule has 1 aromatic heterocycles. The van der Waals surface area contributed by atoms with Gasteiger partial charge in [0.15, 0.2) is 5.78 Å². The lowest BCUT2D eigenvalue weighted by Gasteiger charge is -1.99. The summed E-state index contributed by atoms with van der Waals surface area (Å²) in [6.45, 7) is 3.62. The smallest absolute Gasteiger partial charge is 0.177 e. The lowest BCUT2D eigenvalue weighted by atomic mass is 10.1. The van der Waals surface area contributed by atoms with E-state index in [0.717, 1.165) is 18.5 Å². The van der Waals surface area contributed by atoms with Crippen molar-refractivity contribution in [2.45, 2.75) is 26.7 Å². The second kappa shape index (κ2) is 4.95. The molecule has 0 bridgehead atoms. The van der Waals surface area contributed by atoms with E-state index >= 15 is 0 Å². The molecular weight excluding hydrogens is 212 g/mol. The average Bonchev–Trinajstić information content (AvgIpc) is 2.65. The van der Waals surface area contributed by atoms with Crippen molar-refractivity contribution < 1.29 is 4.79 Å². The van der Waals surface area contributed by atoms with Crippen LogP contribution in [0.25, 0.3) is 0 Å². The van der Waals surface area contributed by atoms with Gasteiger partial charge in [0.25, 0.3) is 0 Å². The fourth-order valence-corrected chi connectivity index (χ4v) is 1.77. The minimum absolute atomic E-state index is 0.0224. The molecule has 1 heterocycles. The Morgan fingerprint density at radius 3 is 3.00 bits per heavy atom. The first-order valence-electron chi connectivity index (χ1n) is 5.73. The van der Waals surface area contributed by atoms with Crippen molar-refractivity contribution in [1.29, 1.82) is 0 Å². The van der Waals surface area contributed by atoms with Gasteiger partial charge in [-0.25, -0.2) is 0 Å². The third-order valence-electron chi connectivity index (χ3n) is 2.76. The Morgan fingerprint density at radius 2 is 2.29 bits per heavy atom. The zero-order valence-electron chi connectivity index (χ0n) is 10.2. The van der Waals surface area contributed by atoms with E-state index in [-0.39, 0.29) is 5.78 Å². The molecule has 0 spiro atoms. The highest BCUT2D eigenvalue weighted by molar-refractivity contribution is 5.92. The van der Waals surface area contributed by atoms with E-state index in [9.17, 15) is 4.79 Å². The number of carbonyl (C=O) groups is 1. The number of hydrogen-bond donors (Lipinski definition) is 1. The standard InChI is InChI=1S/C14H16N2O/c1-10-4-3-5-12(7-6-10)8-13-9-14(11(2)17)16-15-13/h3-4,6-7,9H,5,8H2,1-2H3,(H,15,16). The van der Waals surface area contributed by atoms with Crippen LogP contribution in [0.3, 0.4) is 0 Å². The fourth-order valence-electron chi connectivity index (χ4n) is 1.77. The average molecular weight is 228 g/mol. The molecule has 1 aliphatic carbocycles. The predicted octanol–water partition coefficient (Wildman–Crippen LogP) is 2.99. The molecule has 17 heavy (non-hydrogen) atoms. The summed E-state index contributed by atoms with van der Waals surface area (Å²) in [5, 5.41) is 6.91. The van der Waals surface area contributed by atoms with Gasteiger partial charge < -0.3 is 0 Å². The maximum atomic E-state index is 11.1. The number of Topliss-reactive ketones (excluding diaryl/α,β-unsaturated/α-hetero) is 1. The lowest BCUT2D eigenvalue weighted by molar-refractivity contribution is 0.101. The Balaban J connectivity index is 2.10. The minimum atomic E-state index is 0.0224. The Morgan fingerprint density at radius 1 is 1.47 bits per heavy atom. The summed E-state index contributed by atoms with van der Waals surface area (Å²) in [5.74, 6) is 0.0224. The zero-order chi connectivity index (χ0) is 12.3. The van der Waals surface area contributed by atoms with Crippen LogP contribution < -0.4 is 0 Å². The van der Waals surface area contributed by atoms with Crippen LogP contribution in [0.1, 0.15) is 36.5 Å². The van der Waals surface area contributed by atoms with Crippen LogP contribution in [-0.2, 0) is 6.42 Å². The van der Waals surface area contributed by atoms with Crippen molar-refractivity contribution in [3.05, 3.63) is 52.9 Å². The molecule has 0 saturated carbocycles. The summed E-state index contributed by atoms with van der Waals surface area (Å²) in [7, 11) is 0. The number of aromatic nitrogens is 2. The molecule has 0 saturated heterocycles. The number of rotatable bonds is 3. The molecule has 2 rings (SSSR count). The molecular formula is C14H16N2O. The van der Waals surface area contributed by atoms with Gasteiger partial charge in [-0.2, -0.15) is 5.10 Å². The molecule has 3 nitrogen and oxygen atoms in total. The summed E-state index contributed by atoms with van der Waals surface area (Å²) in [6, 6.07) is 1.83. The summed E-state index contributed by atoms with van der Waals surface area (Å²) in [5.41, 5.74) is 4.06. The van der Waals surface area contributed by atoms with Gasteiger partial charge in [-0.1, -0.05) is 35.5 Å². The van der Waals surface area contributed by atoms with Crippen molar-refractivity contribution in [2.75, 3.05) is 0 Å². The van der Waals surface area contributed by atoms with E-state index < -0.39 is 0 Å². The van der Waals surface area contributed by atoms with Gasteiger partial charge in [-0.3, -0.25) is 9.89 Å². The van der Waals surface area contributed by atoms with Crippen molar-refractivity contribution in [1.82, 2.24) is 10.2 Å². The molecule has 0 fully saturated rings. The van der Waals surface area contributed by atoms with Crippen molar-refractivity contribution in [3.63, 3.8) is 0 Å². The summed E-state index contributed by atoms with van der Waals surface area (Å²) in [4.78, 5) is 11.1. The highest BCUT2D eigenvalue weighted by atomic mass is 16.1. The molecule has 1 aliphatic rings. The van der Waals surface area contributed by atoms with E-state index in [4.69, 9.17) is 0 Å². The summed E-state index contributed by atoms with van der Waals surface area (Å²) >= 11 is 0. The van der Waals surface area contributed by atoms with Crippen LogP contribution in [0.4, 0.5) is 0 Å². The molecule has 1 N–H and O–H groups in total. The van der Waals surface area contributed by atoms with Gasteiger partial charge >= 0.3 is 0 Å². The second-order valence-electron chi connectivity index (χ2n) is 4.35. The van der Waals surface area contributed by atoms with Gasteiger partial charge in [0.1, 0.15) is 5.69 Å². The van der Waals surface area contributed by atoms with Crippen LogP contribution in [0.15, 0.2) is 41.5 Å². The highest BCUT2D eigenvalue weighted by Crippen LogP contribution is 2.15. The number of carbonyl (C=O) groups excluding carboxylic acids is 1. The quantitative estimate of drug-likeness (QED) is 0.808. The Kier molecular flexibility index (Phi) is 3.38. The first-order chi connectivity index (χ1) is 8.15. The van der Waals surface area contributed by atoms with E-state index in [1.807, 2.05) is 6.07 Å². The number of aromatic amines is 1. The molecule has 0 aliphatic heterocycles. The number of H-pyrrole nitrogens is 1.